The first-order valence-electron chi connectivity index (χ1n) is 11.6. The Morgan fingerprint density at radius 1 is 1.20 bits per heavy atom. The van der Waals surface area contributed by atoms with Gasteiger partial charge in [0.05, 0.1) is 18.8 Å². The maximum absolute atomic E-state index is 14.4. The normalized spacial score (nSPS) is 21.0. The van der Waals surface area contributed by atoms with E-state index in [-0.39, 0.29) is 42.7 Å². The van der Waals surface area contributed by atoms with Gasteiger partial charge < -0.3 is 20.2 Å². The number of benzene rings is 1. The number of fused-ring (bicyclic) bond motifs is 1. The Hall–Kier alpha value is -3.60. The number of aliphatic hydroxyl groups excluding tert-OH is 1. The molecule has 9 nitrogen and oxygen atoms in total. The van der Waals surface area contributed by atoms with Gasteiger partial charge in [0.2, 0.25) is 5.91 Å². The molecule has 0 bridgehead atoms. The second-order valence-electron chi connectivity index (χ2n) is 8.95. The number of alkyl halides is 1. The molecule has 0 unspecified atom stereocenters. The number of rotatable bonds is 5. The first-order valence-corrected chi connectivity index (χ1v) is 11.6. The van der Waals surface area contributed by atoms with Crippen molar-refractivity contribution in [3.8, 4) is 0 Å². The molecule has 0 aliphatic carbocycles. The Morgan fingerprint density at radius 2 is 2.00 bits per heavy atom. The van der Waals surface area contributed by atoms with E-state index in [4.69, 9.17) is 5.11 Å². The molecule has 35 heavy (non-hydrogen) atoms. The van der Waals surface area contributed by atoms with E-state index in [0.29, 0.717) is 48.5 Å². The van der Waals surface area contributed by atoms with Crippen molar-refractivity contribution < 1.29 is 23.5 Å². The Kier molecular flexibility index (Phi) is 6.33. The summed E-state index contributed by atoms with van der Waals surface area (Å²) in [5, 5.41) is 16.2. The highest BCUT2D eigenvalue weighted by molar-refractivity contribution is 6.00. The molecule has 1 aromatic carbocycles. The number of carbonyl (C=O) groups excluding carboxylic acids is 2. The van der Waals surface area contributed by atoms with Gasteiger partial charge in [0, 0.05) is 31.7 Å². The maximum atomic E-state index is 14.4. The van der Waals surface area contributed by atoms with Crippen LogP contribution in [0, 0.1) is 5.82 Å². The number of aliphatic hydroxyl groups is 1. The Morgan fingerprint density at radius 3 is 2.74 bits per heavy atom. The Labute approximate surface area is 200 Å². The van der Waals surface area contributed by atoms with Crippen molar-refractivity contribution in [2.24, 2.45) is 0 Å². The van der Waals surface area contributed by atoms with Crippen LogP contribution in [-0.4, -0.2) is 74.9 Å². The maximum Gasteiger partial charge on any atom is 0.256 e. The van der Waals surface area contributed by atoms with Gasteiger partial charge in [-0.05, 0) is 36.6 Å². The molecule has 2 fully saturated rings. The molecule has 184 valence electrons. The molecule has 5 rings (SSSR count). The number of amides is 2. The number of aromatic nitrogens is 3. The quantitative estimate of drug-likeness (QED) is 0.573. The largest absolute Gasteiger partial charge is 0.387 e. The highest BCUT2D eigenvalue weighted by atomic mass is 19.1. The van der Waals surface area contributed by atoms with E-state index in [9.17, 15) is 18.4 Å². The molecule has 3 aromatic rings. The van der Waals surface area contributed by atoms with Crippen molar-refractivity contribution in [2.75, 3.05) is 31.1 Å². The summed E-state index contributed by atoms with van der Waals surface area (Å²) in [6, 6.07) is 7.36. The third-order valence-electron chi connectivity index (χ3n) is 6.69. The minimum absolute atomic E-state index is 0.116. The molecule has 2 aliphatic heterocycles. The number of carbonyl (C=O) groups is 2. The average Bonchev–Trinajstić information content (AvgIpc) is 3.47. The summed E-state index contributed by atoms with van der Waals surface area (Å²) in [7, 11) is 0. The number of likely N-dealkylation sites (tertiary alicyclic amines) is 1. The van der Waals surface area contributed by atoms with Crippen LogP contribution in [-0.2, 0) is 4.79 Å². The van der Waals surface area contributed by atoms with Crippen LogP contribution in [0.2, 0.25) is 0 Å². The van der Waals surface area contributed by atoms with Crippen molar-refractivity contribution in [2.45, 2.75) is 37.5 Å². The number of piperidine rings is 1. The van der Waals surface area contributed by atoms with Crippen LogP contribution in [0.3, 0.4) is 0 Å². The van der Waals surface area contributed by atoms with Crippen LogP contribution in [0.1, 0.15) is 41.2 Å². The summed E-state index contributed by atoms with van der Waals surface area (Å²) in [6.45, 7) is 0.517. The minimum atomic E-state index is -1.09. The Bertz CT molecular complexity index is 1240. The molecule has 2 N–H and O–H groups in total. The minimum Gasteiger partial charge on any atom is -0.387 e. The molecule has 11 heteroatoms. The van der Waals surface area contributed by atoms with Gasteiger partial charge in [-0.15, -0.1) is 0 Å². The number of nitrogens with zero attached hydrogens (tertiary/aromatic N) is 5. The van der Waals surface area contributed by atoms with E-state index in [1.807, 2.05) is 0 Å². The summed E-state index contributed by atoms with van der Waals surface area (Å²) in [5.41, 5.74) is 1.30. The van der Waals surface area contributed by atoms with E-state index >= 15 is 0 Å². The van der Waals surface area contributed by atoms with Gasteiger partial charge in [0.1, 0.15) is 30.0 Å². The molecule has 2 aliphatic rings. The lowest BCUT2D eigenvalue weighted by Gasteiger charge is -2.32. The number of halogens is 2. The molecule has 0 spiro atoms. The van der Waals surface area contributed by atoms with Gasteiger partial charge in [-0.1, -0.05) is 12.1 Å². The van der Waals surface area contributed by atoms with Crippen LogP contribution < -0.4 is 10.2 Å². The van der Waals surface area contributed by atoms with Crippen LogP contribution in [0.25, 0.3) is 5.65 Å². The van der Waals surface area contributed by atoms with Crippen LogP contribution in [0.4, 0.5) is 14.6 Å². The van der Waals surface area contributed by atoms with Gasteiger partial charge in [0.25, 0.3) is 5.91 Å². The zero-order valence-electron chi connectivity index (χ0n) is 19.0. The van der Waals surface area contributed by atoms with E-state index in [0.717, 1.165) is 0 Å². The summed E-state index contributed by atoms with van der Waals surface area (Å²) in [4.78, 5) is 32.7. The van der Waals surface area contributed by atoms with E-state index in [1.165, 1.54) is 22.8 Å². The molecule has 2 aromatic heterocycles. The van der Waals surface area contributed by atoms with Gasteiger partial charge in [-0.25, -0.2) is 18.3 Å². The zero-order valence-corrected chi connectivity index (χ0v) is 19.0. The SMILES string of the molecule is O=C(NC1CCN(C(=O)CO)CC1)c1cnn2ccc(N3C[C@@H](F)C[C@@H]3c3cccc(F)c3)nc12. The molecule has 0 radical (unpaired) electrons. The third kappa shape index (κ3) is 4.68. The lowest BCUT2D eigenvalue weighted by atomic mass is 10.0. The molecule has 2 atom stereocenters. The standard InChI is InChI=1S/C24H26F2N6O3/c25-16-3-1-2-15(10-16)20-11-17(26)13-31(20)21-6-9-32-23(29-21)19(12-27-32)24(35)28-18-4-7-30(8-5-18)22(34)14-33/h1-3,6,9-10,12,17-18,20,33H,4-5,7-8,11,13-14H2,(H,28,35)/t17-,20+/m0/s1. The van der Waals surface area contributed by atoms with Crippen molar-refractivity contribution in [1.82, 2.24) is 24.8 Å². The van der Waals surface area contributed by atoms with Crippen molar-refractivity contribution >= 4 is 23.3 Å². The third-order valence-corrected chi connectivity index (χ3v) is 6.69. The summed E-state index contributed by atoms with van der Waals surface area (Å²) in [6.07, 6.45) is 3.41. The number of hydrogen-bond acceptors (Lipinski definition) is 6. The average molecular weight is 485 g/mol. The van der Waals surface area contributed by atoms with E-state index in [2.05, 4.69) is 15.4 Å². The number of nitrogens with one attached hydrogen (secondary N) is 1. The van der Waals surface area contributed by atoms with Gasteiger partial charge >= 0.3 is 0 Å². The van der Waals surface area contributed by atoms with Gasteiger partial charge in [-0.2, -0.15) is 5.10 Å². The van der Waals surface area contributed by atoms with Gasteiger partial charge in [-0.3, -0.25) is 9.59 Å². The first kappa shape index (κ1) is 23.2. The highest BCUT2D eigenvalue weighted by Crippen LogP contribution is 2.37. The lowest BCUT2D eigenvalue weighted by molar-refractivity contribution is -0.135. The highest BCUT2D eigenvalue weighted by Gasteiger charge is 2.35. The smallest absolute Gasteiger partial charge is 0.256 e. The monoisotopic (exact) mass is 484 g/mol. The first-order chi connectivity index (χ1) is 16.9. The van der Waals surface area contributed by atoms with E-state index in [1.54, 1.807) is 34.2 Å². The Balaban J connectivity index is 1.35. The van der Waals surface area contributed by atoms with Crippen molar-refractivity contribution in [1.29, 1.82) is 0 Å². The second kappa shape index (κ2) is 9.57. The van der Waals surface area contributed by atoms with Crippen LogP contribution >= 0.6 is 0 Å². The van der Waals surface area contributed by atoms with Crippen molar-refractivity contribution in [3.63, 3.8) is 0 Å². The molecule has 2 saturated heterocycles. The van der Waals surface area contributed by atoms with Crippen LogP contribution in [0.5, 0.6) is 0 Å². The predicted octanol–water partition coefficient (Wildman–Crippen LogP) is 1.87. The fourth-order valence-corrected chi connectivity index (χ4v) is 4.88. The lowest BCUT2D eigenvalue weighted by Crippen LogP contribution is -2.47. The van der Waals surface area contributed by atoms with Gasteiger partial charge in [0.15, 0.2) is 5.65 Å². The summed E-state index contributed by atoms with van der Waals surface area (Å²) in [5.74, 6) is -0.544. The number of anilines is 1. The fourth-order valence-electron chi connectivity index (χ4n) is 4.88. The van der Waals surface area contributed by atoms with Crippen LogP contribution in [0.15, 0.2) is 42.7 Å². The topological polar surface area (TPSA) is 103 Å². The second-order valence-corrected chi connectivity index (χ2v) is 8.95. The number of hydrogen-bond donors (Lipinski definition) is 2. The zero-order chi connectivity index (χ0) is 24.5. The fraction of sp³-hybridized carbons (Fsp3) is 0.417. The molecular formula is C24H26F2N6O3. The molecule has 2 amide bonds. The van der Waals surface area contributed by atoms with Crippen molar-refractivity contribution in [3.05, 3.63) is 59.7 Å². The molecule has 4 heterocycles. The predicted molar refractivity (Wildman–Crippen MR) is 123 cm³/mol. The molecular weight excluding hydrogens is 458 g/mol. The summed E-state index contributed by atoms with van der Waals surface area (Å²) < 4.78 is 29.7. The summed E-state index contributed by atoms with van der Waals surface area (Å²) >= 11 is 0. The molecule has 0 saturated carbocycles. The van der Waals surface area contributed by atoms with E-state index < -0.39 is 12.8 Å².